The molecule has 0 saturated heterocycles. The van der Waals surface area contributed by atoms with E-state index >= 15 is 0 Å². The van der Waals surface area contributed by atoms with Crippen LogP contribution in [-0.2, 0) is 6.42 Å². The minimum Gasteiger partial charge on any atom is -0.497 e. The second kappa shape index (κ2) is 5.75. The summed E-state index contributed by atoms with van der Waals surface area (Å²) in [6.07, 6.45) is 3.93. The van der Waals surface area contributed by atoms with Crippen LogP contribution in [0.3, 0.4) is 0 Å². The van der Waals surface area contributed by atoms with Crippen molar-refractivity contribution in [3.05, 3.63) is 29.8 Å². The van der Waals surface area contributed by atoms with E-state index in [2.05, 4.69) is 37.4 Å². The number of ether oxygens (including phenoxy) is 1. The molecule has 2 nitrogen and oxygen atoms in total. The highest BCUT2D eigenvalue weighted by Gasteiger charge is 2.40. The van der Waals surface area contributed by atoms with Crippen LogP contribution in [0, 0.1) is 11.3 Å². The number of rotatable bonds is 7. The van der Waals surface area contributed by atoms with Crippen molar-refractivity contribution in [1.82, 2.24) is 5.32 Å². The third-order valence-electron chi connectivity index (χ3n) is 4.08. The van der Waals surface area contributed by atoms with Crippen LogP contribution in [-0.4, -0.2) is 20.2 Å². The second-order valence-electron chi connectivity index (χ2n) is 5.74. The second-order valence-corrected chi connectivity index (χ2v) is 5.74. The van der Waals surface area contributed by atoms with Crippen LogP contribution in [0.4, 0.5) is 0 Å². The normalized spacial score (nSPS) is 18.4. The van der Waals surface area contributed by atoms with E-state index < -0.39 is 0 Å². The summed E-state index contributed by atoms with van der Waals surface area (Å²) in [5, 5.41) is 3.53. The summed E-state index contributed by atoms with van der Waals surface area (Å²) < 4.78 is 5.31. The largest absolute Gasteiger partial charge is 0.497 e. The van der Waals surface area contributed by atoms with Crippen LogP contribution < -0.4 is 10.1 Å². The monoisotopic (exact) mass is 247 g/mol. The topological polar surface area (TPSA) is 21.3 Å². The zero-order valence-electron chi connectivity index (χ0n) is 11.8. The Morgan fingerprint density at radius 3 is 2.78 bits per heavy atom. The Balaban J connectivity index is 2.07. The van der Waals surface area contributed by atoms with E-state index in [9.17, 15) is 0 Å². The highest BCUT2D eigenvalue weighted by Crippen LogP contribution is 2.47. The van der Waals surface area contributed by atoms with Crippen molar-refractivity contribution in [2.45, 2.75) is 33.1 Å². The van der Waals surface area contributed by atoms with Crippen molar-refractivity contribution in [3.8, 4) is 5.75 Å². The maximum atomic E-state index is 5.31. The van der Waals surface area contributed by atoms with E-state index in [-0.39, 0.29) is 0 Å². The van der Waals surface area contributed by atoms with Gasteiger partial charge in [0.05, 0.1) is 7.11 Å². The van der Waals surface area contributed by atoms with E-state index in [1.54, 1.807) is 7.11 Å². The van der Waals surface area contributed by atoms with E-state index in [4.69, 9.17) is 4.74 Å². The van der Waals surface area contributed by atoms with E-state index in [0.717, 1.165) is 31.2 Å². The SMILES string of the molecule is CCNCC(C)(Cc1cccc(OC)c1)C1CC1. The molecule has 18 heavy (non-hydrogen) atoms. The van der Waals surface area contributed by atoms with E-state index in [0.29, 0.717) is 5.41 Å². The van der Waals surface area contributed by atoms with Crippen LogP contribution in [0.1, 0.15) is 32.3 Å². The van der Waals surface area contributed by atoms with Gasteiger partial charge in [-0.15, -0.1) is 0 Å². The molecule has 0 heterocycles. The molecule has 1 aliphatic carbocycles. The Morgan fingerprint density at radius 1 is 1.39 bits per heavy atom. The molecule has 0 amide bonds. The first kappa shape index (κ1) is 13.4. The molecule has 0 bridgehead atoms. The quantitative estimate of drug-likeness (QED) is 0.798. The molecule has 1 atom stereocenters. The molecule has 0 radical (unpaired) electrons. The summed E-state index contributed by atoms with van der Waals surface area (Å²) in [6, 6.07) is 8.50. The summed E-state index contributed by atoms with van der Waals surface area (Å²) in [6.45, 7) is 6.78. The fourth-order valence-electron chi connectivity index (χ4n) is 2.79. The molecule has 1 aliphatic rings. The molecule has 2 heteroatoms. The standard InChI is InChI=1S/C16H25NO/c1-4-17-12-16(2,14-8-9-14)11-13-6-5-7-15(10-13)18-3/h5-7,10,14,17H,4,8-9,11-12H2,1-3H3. The lowest BCUT2D eigenvalue weighted by Gasteiger charge is -2.30. The molecule has 1 aromatic carbocycles. The number of nitrogens with one attached hydrogen (secondary N) is 1. The fraction of sp³-hybridized carbons (Fsp3) is 0.625. The molecule has 0 spiro atoms. The minimum atomic E-state index is 0.391. The molecule has 2 rings (SSSR count). The van der Waals surface area contributed by atoms with E-state index in [1.165, 1.54) is 18.4 Å². The van der Waals surface area contributed by atoms with Gasteiger partial charge in [-0.3, -0.25) is 0 Å². The summed E-state index contributed by atoms with van der Waals surface area (Å²) in [5.41, 5.74) is 1.78. The van der Waals surface area contributed by atoms with Crippen LogP contribution in [0.25, 0.3) is 0 Å². The van der Waals surface area contributed by atoms with Crippen LogP contribution >= 0.6 is 0 Å². The number of benzene rings is 1. The maximum absolute atomic E-state index is 5.31. The van der Waals surface area contributed by atoms with Crippen molar-refractivity contribution in [1.29, 1.82) is 0 Å². The molecule has 1 fully saturated rings. The third kappa shape index (κ3) is 3.26. The zero-order valence-corrected chi connectivity index (χ0v) is 11.8. The smallest absolute Gasteiger partial charge is 0.119 e. The minimum absolute atomic E-state index is 0.391. The Bertz CT molecular complexity index is 386. The third-order valence-corrected chi connectivity index (χ3v) is 4.08. The zero-order chi connectivity index (χ0) is 13.0. The molecule has 0 aliphatic heterocycles. The summed E-state index contributed by atoms with van der Waals surface area (Å²) >= 11 is 0. The predicted molar refractivity (Wildman–Crippen MR) is 76.1 cm³/mol. The van der Waals surface area contributed by atoms with E-state index in [1.807, 2.05) is 6.07 Å². The molecule has 1 unspecified atom stereocenters. The van der Waals surface area contributed by atoms with Gasteiger partial charge < -0.3 is 10.1 Å². The Hall–Kier alpha value is -1.02. The molecular formula is C16H25NO. The number of hydrogen-bond acceptors (Lipinski definition) is 2. The summed E-state index contributed by atoms with van der Waals surface area (Å²) in [5.74, 6) is 1.86. The molecule has 0 aromatic heterocycles. The predicted octanol–water partition coefficient (Wildman–Crippen LogP) is 3.26. The van der Waals surface area contributed by atoms with Gasteiger partial charge in [0, 0.05) is 6.54 Å². The van der Waals surface area contributed by atoms with Gasteiger partial charge in [0.25, 0.3) is 0 Å². The first-order valence-corrected chi connectivity index (χ1v) is 7.01. The van der Waals surface area contributed by atoms with Gasteiger partial charge in [-0.2, -0.15) is 0 Å². The maximum Gasteiger partial charge on any atom is 0.119 e. The van der Waals surface area contributed by atoms with Crippen LogP contribution in [0.15, 0.2) is 24.3 Å². The van der Waals surface area contributed by atoms with Crippen molar-refractivity contribution < 1.29 is 4.74 Å². The number of hydrogen-bond donors (Lipinski definition) is 1. The van der Waals surface area contributed by atoms with Gasteiger partial charge >= 0.3 is 0 Å². The van der Waals surface area contributed by atoms with Gasteiger partial charge in [0.2, 0.25) is 0 Å². The molecule has 1 aromatic rings. The van der Waals surface area contributed by atoms with Crippen molar-refractivity contribution in [3.63, 3.8) is 0 Å². The Kier molecular flexibility index (Phi) is 4.28. The van der Waals surface area contributed by atoms with Crippen molar-refractivity contribution in [2.75, 3.05) is 20.2 Å². The Labute approximate surface area is 111 Å². The summed E-state index contributed by atoms with van der Waals surface area (Å²) in [7, 11) is 1.73. The highest BCUT2D eigenvalue weighted by molar-refractivity contribution is 5.29. The van der Waals surface area contributed by atoms with Crippen LogP contribution in [0.5, 0.6) is 5.75 Å². The number of methoxy groups -OCH3 is 1. The molecule has 1 N–H and O–H groups in total. The highest BCUT2D eigenvalue weighted by atomic mass is 16.5. The lowest BCUT2D eigenvalue weighted by atomic mass is 9.79. The van der Waals surface area contributed by atoms with Gasteiger partial charge in [-0.05, 0) is 54.8 Å². The molecule has 100 valence electrons. The van der Waals surface area contributed by atoms with Gasteiger partial charge in [0.15, 0.2) is 0 Å². The lowest BCUT2D eigenvalue weighted by Crippen LogP contribution is -2.35. The lowest BCUT2D eigenvalue weighted by molar-refractivity contribution is 0.257. The van der Waals surface area contributed by atoms with Crippen molar-refractivity contribution in [2.24, 2.45) is 11.3 Å². The van der Waals surface area contributed by atoms with Gasteiger partial charge in [0.1, 0.15) is 5.75 Å². The first-order chi connectivity index (χ1) is 8.68. The average molecular weight is 247 g/mol. The fourth-order valence-corrected chi connectivity index (χ4v) is 2.79. The Morgan fingerprint density at radius 2 is 2.17 bits per heavy atom. The van der Waals surface area contributed by atoms with Gasteiger partial charge in [-0.25, -0.2) is 0 Å². The van der Waals surface area contributed by atoms with Gasteiger partial charge in [-0.1, -0.05) is 26.0 Å². The first-order valence-electron chi connectivity index (χ1n) is 7.01. The average Bonchev–Trinajstić information content (AvgIpc) is 3.21. The summed E-state index contributed by atoms with van der Waals surface area (Å²) in [4.78, 5) is 0. The molecular weight excluding hydrogens is 222 g/mol. The van der Waals surface area contributed by atoms with Crippen molar-refractivity contribution >= 4 is 0 Å². The van der Waals surface area contributed by atoms with Crippen LogP contribution in [0.2, 0.25) is 0 Å². The molecule has 1 saturated carbocycles.